The maximum absolute atomic E-state index is 12.8. The molecular weight excluding hydrogens is 384 g/mol. The van der Waals surface area contributed by atoms with E-state index in [4.69, 9.17) is 0 Å². The number of fused-ring (bicyclic) bond motifs is 1. The van der Waals surface area contributed by atoms with Crippen molar-refractivity contribution < 1.29 is 9.59 Å². The van der Waals surface area contributed by atoms with Crippen molar-refractivity contribution in [1.82, 2.24) is 14.0 Å². The molecule has 0 bridgehead atoms. The van der Waals surface area contributed by atoms with E-state index in [-0.39, 0.29) is 24.6 Å². The zero-order chi connectivity index (χ0) is 21.8. The number of para-hydroxylation sites is 2. The summed E-state index contributed by atoms with van der Waals surface area (Å²) in [6.45, 7) is 3.50. The van der Waals surface area contributed by atoms with E-state index >= 15 is 0 Å². The SMILES string of the molecule is CCn1c(=O)c2ccccc2n(CC(=O)Nc2ccccc2CN(C)C(C)=O)c1=O. The highest BCUT2D eigenvalue weighted by atomic mass is 16.2. The molecule has 8 nitrogen and oxygen atoms in total. The van der Waals surface area contributed by atoms with Gasteiger partial charge in [-0.1, -0.05) is 30.3 Å². The Bertz CT molecular complexity index is 1230. The van der Waals surface area contributed by atoms with E-state index in [1.165, 1.54) is 11.5 Å². The van der Waals surface area contributed by atoms with Gasteiger partial charge in [-0.15, -0.1) is 0 Å². The predicted octanol–water partition coefficient (Wildman–Crippen LogP) is 1.80. The molecule has 3 aromatic rings. The second-order valence-corrected chi connectivity index (χ2v) is 7.02. The van der Waals surface area contributed by atoms with E-state index in [1.54, 1.807) is 55.3 Å². The Labute approximate surface area is 173 Å². The van der Waals surface area contributed by atoms with Crippen LogP contribution in [0.25, 0.3) is 10.9 Å². The fourth-order valence-corrected chi connectivity index (χ4v) is 3.28. The number of hydrogen-bond donors (Lipinski definition) is 1. The van der Waals surface area contributed by atoms with E-state index in [2.05, 4.69) is 5.32 Å². The van der Waals surface area contributed by atoms with Crippen LogP contribution in [0.15, 0.2) is 58.1 Å². The van der Waals surface area contributed by atoms with Gasteiger partial charge in [-0.05, 0) is 30.7 Å². The molecule has 1 aromatic heterocycles. The largest absolute Gasteiger partial charge is 0.342 e. The van der Waals surface area contributed by atoms with E-state index in [0.29, 0.717) is 23.1 Å². The zero-order valence-electron chi connectivity index (χ0n) is 17.2. The summed E-state index contributed by atoms with van der Waals surface area (Å²) in [6, 6.07) is 13.9. The summed E-state index contributed by atoms with van der Waals surface area (Å²) in [5.74, 6) is -0.488. The van der Waals surface area contributed by atoms with Gasteiger partial charge in [0, 0.05) is 32.7 Å². The van der Waals surface area contributed by atoms with Crippen LogP contribution in [0.5, 0.6) is 0 Å². The van der Waals surface area contributed by atoms with Crippen molar-refractivity contribution in [1.29, 1.82) is 0 Å². The van der Waals surface area contributed by atoms with Crippen molar-refractivity contribution in [2.75, 3.05) is 12.4 Å². The van der Waals surface area contributed by atoms with Crippen LogP contribution in [-0.4, -0.2) is 32.9 Å². The van der Waals surface area contributed by atoms with Crippen molar-refractivity contribution in [3.8, 4) is 0 Å². The Kier molecular flexibility index (Phi) is 6.15. The van der Waals surface area contributed by atoms with Gasteiger partial charge < -0.3 is 10.2 Å². The Balaban J connectivity index is 1.94. The normalized spacial score (nSPS) is 10.8. The number of nitrogens with one attached hydrogen (secondary N) is 1. The summed E-state index contributed by atoms with van der Waals surface area (Å²) in [7, 11) is 1.68. The Morgan fingerprint density at radius 3 is 2.37 bits per heavy atom. The van der Waals surface area contributed by atoms with Crippen LogP contribution < -0.4 is 16.6 Å². The number of carbonyl (C=O) groups is 2. The fraction of sp³-hybridized carbons (Fsp3) is 0.273. The first-order chi connectivity index (χ1) is 14.3. The third kappa shape index (κ3) is 4.17. The van der Waals surface area contributed by atoms with Crippen molar-refractivity contribution >= 4 is 28.4 Å². The van der Waals surface area contributed by atoms with Crippen molar-refractivity contribution in [3.63, 3.8) is 0 Å². The molecule has 0 unspecified atom stereocenters. The maximum atomic E-state index is 12.8. The van der Waals surface area contributed by atoms with Gasteiger partial charge in [0.1, 0.15) is 6.54 Å². The van der Waals surface area contributed by atoms with Crippen molar-refractivity contribution in [2.24, 2.45) is 0 Å². The van der Waals surface area contributed by atoms with Crippen LogP contribution in [-0.2, 0) is 29.2 Å². The quantitative estimate of drug-likeness (QED) is 0.673. The predicted molar refractivity (Wildman–Crippen MR) is 115 cm³/mol. The highest BCUT2D eigenvalue weighted by Crippen LogP contribution is 2.17. The Hall–Kier alpha value is -3.68. The molecule has 0 radical (unpaired) electrons. The lowest BCUT2D eigenvalue weighted by molar-refractivity contribution is -0.128. The second-order valence-electron chi connectivity index (χ2n) is 7.02. The van der Waals surface area contributed by atoms with Crippen LogP contribution in [0, 0.1) is 0 Å². The Morgan fingerprint density at radius 2 is 1.67 bits per heavy atom. The summed E-state index contributed by atoms with van der Waals surface area (Å²) >= 11 is 0. The van der Waals surface area contributed by atoms with E-state index < -0.39 is 11.6 Å². The summed E-state index contributed by atoms with van der Waals surface area (Å²) in [5.41, 5.74) is 0.862. The first-order valence-corrected chi connectivity index (χ1v) is 9.65. The molecule has 0 saturated carbocycles. The molecule has 0 aliphatic rings. The van der Waals surface area contributed by atoms with E-state index in [9.17, 15) is 19.2 Å². The number of nitrogens with zero attached hydrogens (tertiary/aromatic N) is 3. The van der Waals surface area contributed by atoms with Crippen molar-refractivity contribution in [3.05, 3.63) is 74.9 Å². The minimum Gasteiger partial charge on any atom is -0.342 e. The summed E-state index contributed by atoms with van der Waals surface area (Å²) in [5, 5.41) is 3.21. The summed E-state index contributed by atoms with van der Waals surface area (Å²) in [4.78, 5) is 51.2. The molecule has 1 heterocycles. The molecule has 30 heavy (non-hydrogen) atoms. The summed E-state index contributed by atoms with van der Waals surface area (Å²) < 4.78 is 2.42. The lowest BCUT2D eigenvalue weighted by Crippen LogP contribution is -2.41. The molecule has 0 saturated heterocycles. The third-order valence-corrected chi connectivity index (χ3v) is 4.99. The zero-order valence-corrected chi connectivity index (χ0v) is 17.2. The molecular formula is C22H24N4O4. The molecule has 1 N–H and O–H groups in total. The molecule has 0 atom stereocenters. The standard InChI is InChI=1S/C22H24N4O4/c1-4-25-21(29)17-10-6-8-12-19(17)26(22(25)30)14-20(28)23-18-11-7-5-9-16(18)13-24(3)15(2)27/h5-12H,4,13-14H2,1-3H3,(H,23,28). The van der Waals surface area contributed by atoms with Gasteiger partial charge >= 0.3 is 5.69 Å². The minimum absolute atomic E-state index is 0.0871. The fourth-order valence-electron chi connectivity index (χ4n) is 3.28. The smallest absolute Gasteiger partial charge is 0.331 e. The lowest BCUT2D eigenvalue weighted by atomic mass is 10.1. The van der Waals surface area contributed by atoms with Crippen LogP contribution in [0.4, 0.5) is 5.69 Å². The van der Waals surface area contributed by atoms with Crippen LogP contribution in [0.1, 0.15) is 19.4 Å². The van der Waals surface area contributed by atoms with Gasteiger partial charge in [-0.3, -0.25) is 23.5 Å². The highest BCUT2D eigenvalue weighted by molar-refractivity contribution is 5.92. The first kappa shape index (κ1) is 21.0. The molecule has 0 spiro atoms. The van der Waals surface area contributed by atoms with Crippen LogP contribution >= 0.6 is 0 Å². The summed E-state index contributed by atoms with van der Waals surface area (Å²) in [6.07, 6.45) is 0. The molecule has 0 aliphatic heterocycles. The number of rotatable bonds is 6. The average Bonchev–Trinajstić information content (AvgIpc) is 2.73. The number of benzene rings is 2. The van der Waals surface area contributed by atoms with Crippen LogP contribution in [0.3, 0.4) is 0 Å². The second kappa shape index (κ2) is 8.77. The molecule has 2 aromatic carbocycles. The minimum atomic E-state index is -0.527. The van der Waals surface area contributed by atoms with Gasteiger partial charge in [0.15, 0.2) is 0 Å². The third-order valence-electron chi connectivity index (χ3n) is 4.99. The van der Waals surface area contributed by atoms with Gasteiger partial charge in [-0.2, -0.15) is 0 Å². The lowest BCUT2D eigenvalue weighted by Gasteiger charge is -2.18. The maximum Gasteiger partial charge on any atom is 0.331 e. The monoisotopic (exact) mass is 408 g/mol. The number of amides is 2. The van der Waals surface area contributed by atoms with Crippen LogP contribution in [0.2, 0.25) is 0 Å². The van der Waals surface area contributed by atoms with Gasteiger partial charge in [0.25, 0.3) is 5.56 Å². The highest BCUT2D eigenvalue weighted by Gasteiger charge is 2.15. The van der Waals surface area contributed by atoms with E-state index in [1.807, 2.05) is 12.1 Å². The van der Waals surface area contributed by atoms with Gasteiger partial charge in [0.2, 0.25) is 11.8 Å². The van der Waals surface area contributed by atoms with Crippen molar-refractivity contribution in [2.45, 2.75) is 33.5 Å². The number of anilines is 1. The number of hydrogen-bond acceptors (Lipinski definition) is 4. The topological polar surface area (TPSA) is 93.4 Å². The average molecular weight is 408 g/mol. The molecule has 156 valence electrons. The molecule has 3 rings (SSSR count). The number of carbonyl (C=O) groups excluding carboxylic acids is 2. The van der Waals surface area contributed by atoms with Gasteiger partial charge in [0.05, 0.1) is 10.9 Å². The van der Waals surface area contributed by atoms with E-state index in [0.717, 1.165) is 10.1 Å². The number of aromatic nitrogens is 2. The first-order valence-electron chi connectivity index (χ1n) is 9.65. The van der Waals surface area contributed by atoms with Gasteiger partial charge in [-0.25, -0.2) is 4.79 Å². The molecule has 2 amide bonds. The Morgan fingerprint density at radius 1 is 1.00 bits per heavy atom. The molecule has 0 fully saturated rings. The molecule has 0 aliphatic carbocycles. The molecule has 8 heteroatoms.